The van der Waals surface area contributed by atoms with Crippen molar-refractivity contribution in [2.24, 2.45) is 0 Å². The third kappa shape index (κ3) is 3.22. The third-order valence-electron chi connectivity index (χ3n) is 2.94. The zero-order valence-electron chi connectivity index (χ0n) is 10.8. The average Bonchev–Trinajstić information content (AvgIpc) is 2.41. The molecule has 0 unspecified atom stereocenters. The lowest BCUT2D eigenvalue weighted by Gasteiger charge is -2.04. The molecule has 2 aromatic carbocycles. The quantitative estimate of drug-likeness (QED) is 0.486. The second-order valence-electron chi connectivity index (χ2n) is 4.50. The number of nitrogens with zero attached hydrogens (tertiary/aromatic N) is 1. The number of nitro benzene ring substituents is 1. The van der Waals surface area contributed by atoms with Crippen LogP contribution in [0.1, 0.15) is 21.5 Å². The Balaban J connectivity index is 2.29. The van der Waals surface area contributed by atoms with E-state index in [2.05, 4.69) is 0 Å². The fourth-order valence-electron chi connectivity index (χ4n) is 1.88. The number of nitro groups is 1. The number of aryl methyl sites for hydroxylation is 1. The first-order valence-corrected chi connectivity index (χ1v) is 6.38. The summed E-state index contributed by atoms with van der Waals surface area (Å²) in [6, 6.07) is 11.6. The van der Waals surface area contributed by atoms with E-state index < -0.39 is 4.92 Å². The van der Waals surface area contributed by atoms with Gasteiger partial charge >= 0.3 is 0 Å². The van der Waals surface area contributed by atoms with Crippen LogP contribution in [0.4, 0.5) is 5.69 Å². The smallest absolute Gasteiger partial charge is 0.281 e. The molecule has 0 N–H and O–H groups in total. The molecule has 0 aliphatic heterocycles. The van der Waals surface area contributed by atoms with E-state index in [1.54, 1.807) is 0 Å². The van der Waals surface area contributed by atoms with Crippen LogP contribution in [0.3, 0.4) is 0 Å². The van der Waals surface area contributed by atoms with Crippen LogP contribution in [0, 0.1) is 17.0 Å². The molecule has 2 rings (SSSR count). The van der Waals surface area contributed by atoms with Crippen molar-refractivity contribution in [3.63, 3.8) is 0 Å². The van der Waals surface area contributed by atoms with Crippen LogP contribution in [0.15, 0.2) is 42.5 Å². The van der Waals surface area contributed by atoms with E-state index in [0.717, 1.165) is 11.1 Å². The summed E-state index contributed by atoms with van der Waals surface area (Å²) in [6.07, 6.45) is 0.128. The Morgan fingerprint density at radius 1 is 1.20 bits per heavy atom. The first-order valence-electron chi connectivity index (χ1n) is 6.00. The van der Waals surface area contributed by atoms with Gasteiger partial charge < -0.3 is 0 Å². The van der Waals surface area contributed by atoms with Gasteiger partial charge in [0.25, 0.3) is 5.69 Å². The maximum atomic E-state index is 12.2. The first kappa shape index (κ1) is 14.2. The van der Waals surface area contributed by atoms with Crippen LogP contribution in [0.25, 0.3) is 0 Å². The number of rotatable bonds is 4. The Hall–Kier alpha value is -2.20. The highest BCUT2D eigenvalue weighted by Gasteiger charge is 2.20. The number of halogens is 1. The van der Waals surface area contributed by atoms with Crippen LogP contribution in [-0.2, 0) is 6.42 Å². The zero-order valence-corrected chi connectivity index (χ0v) is 11.6. The first-order chi connectivity index (χ1) is 9.47. The maximum absolute atomic E-state index is 12.2. The summed E-state index contributed by atoms with van der Waals surface area (Å²) in [5.74, 6) is -0.294. The Bertz CT molecular complexity index is 665. The molecule has 0 saturated carbocycles. The molecule has 0 aliphatic rings. The number of benzene rings is 2. The van der Waals surface area contributed by atoms with Gasteiger partial charge in [-0.05, 0) is 24.6 Å². The van der Waals surface area contributed by atoms with E-state index >= 15 is 0 Å². The van der Waals surface area contributed by atoms with Gasteiger partial charge in [0.2, 0.25) is 0 Å². The predicted octanol–water partition coefficient (Wildman–Crippen LogP) is 3.98. The van der Waals surface area contributed by atoms with Gasteiger partial charge in [-0.25, -0.2) is 0 Å². The van der Waals surface area contributed by atoms with Gasteiger partial charge in [-0.15, -0.1) is 0 Å². The van der Waals surface area contributed by atoms with Crippen LogP contribution in [0.5, 0.6) is 0 Å². The summed E-state index contributed by atoms with van der Waals surface area (Å²) >= 11 is 5.73. The second-order valence-corrected chi connectivity index (χ2v) is 4.94. The molecule has 5 heteroatoms. The summed E-state index contributed by atoms with van der Waals surface area (Å²) < 4.78 is 0. The molecule has 0 aromatic heterocycles. The van der Waals surface area contributed by atoms with Crippen molar-refractivity contribution in [2.45, 2.75) is 13.3 Å². The van der Waals surface area contributed by atoms with Crippen molar-refractivity contribution in [3.05, 3.63) is 74.3 Å². The van der Waals surface area contributed by atoms with E-state index in [-0.39, 0.29) is 28.5 Å². The summed E-state index contributed by atoms with van der Waals surface area (Å²) in [6.45, 7) is 1.95. The summed E-state index contributed by atoms with van der Waals surface area (Å²) in [7, 11) is 0. The molecule has 0 fully saturated rings. The average molecular weight is 290 g/mol. The molecule has 0 saturated heterocycles. The SMILES string of the molecule is Cc1ccc(CC(=O)c2ccc(Cl)cc2[N+](=O)[O-])cc1. The molecule has 20 heavy (non-hydrogen) atoms. The summed E-state index contributed by atoms with van der Waals surface area (Å²) in [4.78, 5) is 22.6. The lowest BCUT2D eigenvalue weighted by molar-refractivity contribution is -0.385. The molecule has 2 aromatic rings. The van der Waals surface area contributed by atoms with Gasteiger partial charge in [0, 0.05) is 17.5 Å². The number of hydrogen-bond donors (Lipinski definition) is 0. The lowest BCUT2D eigenvalue weighted by atomic mass is 10.0. The van der Waals surface area contributed by atoms with E-state index in [9.17, 15) is 14.9 Å². The molecule has 0 aliphatic carbocycles. The predicted molar refractivity (Wildman–Crippen MR) is 77.3 cm³/mol. The monoisotopic (exact) mass is 289 g/mol. The molecule has 0 spiro atoms. The summed E-state index contributed by atoms with van der Waals surface area (Å²) in [5.41, 5.74) is 1.75. The van der Waals surface area contributed by atoms with Crippen LogP contribution < -0.4 is 0 Å². The molecule has 4 nitrogen and oxygen atoms in total. The van der Waals surface area contributed by atoms with Crippen molar-refractivity contribution in [2.75, 3.05) is 0 Å². The number of Topliss-reactive ketones (excluding diaryl/α,β-unsaturated/α-hetero) is 1. The Morgan fingerprint density at radius 3 is 2.45 bits per heavy atom. The van der Waals surface area contributed by atoms with Crippen molar-refractivity contribution >= 4 is 23.1 Å². The standard InChI is InChI=1S/C15H12ClNO3/c1-10-2-4-11(5-3-10)8-15(18)13-7-6-12(16)9-14(13)17(19)20/h2-7,9H,8H2,1H3. The van der Waals surface area contributed by atoms with Gasteiger partial charge in [-0.1, -0.05) is 41.4 Å². The number of carbonyl (C=O) groups is 1. The van der Waals surface area contributed by atoms with Crippen molar-refractivity contribution in [1.82, 2.24) is 0 Å². The topological polar surface area (TPSA) is 60.2 Å². The van der Waals surface area contributed by atoms with Gasteiger partial charge in [-0.2, -0.15) is 0 Å². The van der Waals surface area contributed by atoms with E-state index in [1.165, 1.54) is 18.2 Å². The maximum Gasteiger partial charge on any atom is 0.281 e. The minimum atomic E-state index is -0.589. The van der Waals surface area contributed by atoms with E-state index in [1.807, 2.05) is 31.2 Å². The number of hydrogen-bond acceptors (Lipinski definition) is 3. The Kier molecular flexibility index (Phi) is 4.15. The van der Waals surface area contributed by atoms with Gasteiger partial charge in [0.15, 0.2) is 5.78 Å². The molecular weight excluding hydrogens is 278 g/mol. The van der Waals surface area contributed by atoms with Gasteiger partial charge in [0.1, 0.15) is 0 Å². The normalized spacial score (nSPS) is 10.3. The minimum Gasteiger partial charge on any atom is -0.294 e. The van der Waals surface area contributed by atoms with Crippen LogP contribution in [0.2, 0.25) is 5.02 Å². The molecule has 0 radical (unpaired) electrons. The number of carbonyl (C=O) groups excluding carboxylic acids is 1. The lowest BCUT2D eigenvalue weighted by Crippen LogP contribution is -2.07. The fourth-order valence-corrected chi connectivity index (χ4v) is 2.04. The Morgan fingerprint density at radius 2 is 1.85 bits per heavy atom. The largest absolute Gasteiger partial charge is 0.294 e. The molecule has 102 valence electrons. The van der Waals surface area contributed by atoms with Crippen molar-refractivity contribution < 1.29 is 9.72 Å². The van der Waals surface area contributed by atoms with E-state index in [0.29, 0.717) is 0 Å². The summed E-state index contributed by atoms with van der Waals surface area (Å²) in [5, 5.41) is 11.2. The van der Waals surface area contributed by atoms with Crippen molar-refractivity contribution in [1.29, 1.82) is 0 Å². The fraction of sp³-hybridized carbons (Fsp3) is 0.133. The highest BCUT2D eigenvalue weighted by molar-refractivity contribution is 6.31. The highest BCUT2D eigenvalue weighted by atomic mass is 35.5. The van der Waals surface area contributed by atoms with Crippen LogP contribution in [-0.4, -0.2) is 10.7 Å². The van der Waals surface area contributed by atoms with Crippen LogP contribution >= 0.6 is 11.6 Å². The molecule has 0 amide bonds. The van der Waals surface area contributed by atoms with Gasteiger partial charge in [0.05, 0.1) is 10.5 Å². The second kappa shape index (κ2) is 5.84. The molecular formula is C15H12ClNO3. The molecule has 0 atom stereocenters. The molecule has 0 bridgehead atoms. The van der Waals surface area contributed by atoms with Gasteiger partial charge in [-0.3, -0.25) is 14.9 Å². The van der Waals surface area contributed by atoms with Crippen molar-refractivity contribution in [3.8, 4) is 0 Å². The Labute approximate surface area is 121 Å². The number of ketones is 1. The third-order valence-corrected chi connectivity index (χ3v) is 3.18. The van der Waals surface area contributed by atoms with E-state index in [4.69, 9.17) is 11.6 Å². The molecule has 0 heterocycles. The highest BCUT2D eigenvalue weighted by Crippen LogP contribution is 2.24. The minimum absolute atomic E-state index is 0.0833. The zero-order chi connectivity index (χ0) is 14.7.